The van der Waals surface area contributed by atoms with Crippen molar-refractivity contribution in [2.75, 3.05) is 19.8 Å². The molecule has 0 radical (unpaired) electrons. The molecule has 0 aromatic heterocycles. The maximum atomic E-state index is 13.1. The second-order valence-electron chi connectivity index (χ2n) is 5.18. The Kier molecular flexibility index (Phi) is 8.38. The molecule has 1 rings (SSSR count). The molecular formula is C16H24F3NO. The van der Waals surface area contributed by atoms with Gasteiger partial charge in [0.05, 0.1) is 0 Å². The lowest BCUT2D eigenvalue weighted by atomic mass is 9.99. The van der Waals surface area contributed by atoms with Crippen molar-refractivity contribution in [2.24, 2.45) is 0 Å². The van der Waals surface area contributed by atoms with Crippen molar-refractivity contribution in [2.45, 2.75) is 45.6 Å². The number of alkyl halides is 2. The minimum Gasteiger partial charge on any atom is -0.375 e. The third-order valence-electron chi connectivity index (χ3n) is 3.31. The van der Waals surface area contributed by atoms with Gasteiger partial charge in [-0.1, -0.05) is 13.0 Å². The molecule has 0 aliphatic heterocycles. The Morgan fingerprint density at radius 3 is 2.67 bits per heavy atom. The van der Waals surface area contributed by atoms with Crippen LogP contribution >= 0.6 is 0 Å². The van der Waals surface area contributed by atoms with Gasteiger partial charge in [-0.25, -0.2) is 13.2 Å². The summed E-state index contributed by atoms with van der Waals surface area (Å²) < 4.78 is 42.1. The highest BCUT2D eigenvalue weighted by molar-refractivity contribution is 5.27. The third-order valence-corrected chi connectivity index (χ3v) is 3.31. The van der Waals surface area contributed by atoms with Gasteiger partial charge in [-0.15, -0.1) is 0 Å². The predicted octanol–water partition coefficient (Wildman–Crippen LogP) is 3.72. The monoisotopic (exact) mass is 303 g/mol. The van der Waals surface area contributed by atoms with Crippen LogP contribution in [0.2, 0.25) is 0 Å². The van der Waals surface area contributed by atoms with E-state index in [0.717, 1.165) is 30.5 Å². The van der Waals surface area contributed by atoms with Crippen molar-refractivity contribution in [3.05, 3.63) is 35.1 Å². The molecule has 0 saturated heterocycles. The largest absolute Gasteiger partial charge is 0.375 e. The molecule has 0 spiro atoms. The second kappa shape index (κ2) is 9.79. The van der Waals surface area contributed by atoms with Crippen LogP contribution in [0.4, 0.5) is 13.2 Å². The van der Waals surface area contributed by atoms with Crippen LogP contribution in [0.1, 0.15) is 30.9 Å². The van der Waals surface area contributed by atoms with E-state index in [9.17, 15) is 13.2 Å². The van der Waals surface area contributed by atoms with Crippen LogP contribution < -0.4 is 5.32 Å². The number of hydrogen-bond acceptors (Lipinski definition) is 2. The Bertz CT molecular complexity index is 413. The zero-order chi connectivity index (χ0) is 15.7. The second-order valence-corrected chi connectivity index (χ2v) is 5.18. The summed E-state index contributed by atoms with van der Waals surface area (Å²) in [5.74, 6) is -0.241. The van der Waals surface area contributed by atoms with E-state index < -0.39 is 13.0 Å². The van der Waals surface area contributed by atoms with Gasteiger partial charge in [-0.3, -0.25) is 0 Å². The van der Waals surface area contributed by atoms with E-state index in [1.54, 1.807) is 6.07 Å². The molecule has 21 heavy (non-hydrogen) atoms. The Labute approximate surface area is 124 Å². The van der Waals surface area contributed by atoms with Crippen LogP contribution in [0.5, 0.6) is 0 Å². The van der Waals surface area contributed by atoms with Gasteiger partial charge < -0.3 is 10.1 Å². The van der Waals surface area contributed by atoms with Gasteiger partial charge in [0.2, 0.25) is 0 Å². The molecule has 2 nitrogen and oxygen atoms in total. The fraction of sp³-hybridized carbons (Fsp3) is 0.625. The van der Waals surface area contributed by atoms with Crippen molar-refractivity contribution in [1.82, 2.24) is 5.32 Å². The quantitative estimate of drug-likeness (QED) is 0.665. The number of hydrogen-bond donors (Lipinski definition) is 1. The fourth-order valence-electron chi connectivity index (χ4n) is 2.18. The van der Waals surface area contributed by atoms with Gasteiger partial charge >= 0.3 is 0 Å². The van der Waals surface area contributed by atoms with Crippen molar-refractivity contribution in [3.8, 4) is 0 Å². The highest BCUT2D eigenvalue weighted by Gasteiger charge is 2.12. The summed E-state index contributed by atoms with van der Waals surface area (Å²) in [5, 5.41) is 3.39. The van der Waals surface area contributed by atoms with E-state index in [1.165, 1.54) is 12.1 Å². The molecule has 1 N–H and O–H groups in total. The first kappa shape index (κ1) is 18.0. The van der Waals surface area contributed by atoms with Crippen LogP contribution in [0, 0.1) is 12.7 Å². The summed E-state index contributed by atoms with van der Waals surface area (Å²) in [6.07, 6.45) is -0.0313. The Hall–Kier alpha value is -1.07. The van der Waals surface area contributed by atoms with E-state index >= 15 is 0 Å². The number of ether oxygens (including phenoxy) is 1. The van der Waals surface area contributed by atoms with Crippen LogP contribution in [0.25, 0.3) is 0 Å². The van der Waals surface area contributed by atoms with E-state index in [1.807, 2.05) is 6.92 Å². The van der Waals surface area contributed by atoms with Crippen LogP contribution in [-0.2, 0) is 11.2 Å². The lowest BCUT2D eigenvalue weighted by Crippen LogP contribution is -2.33. The number of halogens is 3. The van der Waals surface area contributed by atoms with Crippen molar-refractivity contribution < 1.29 is 17.9 Å². The maximum Gasteiger partial charge on any atom is 0.261 e. The first-order chi connectivity index (χ1) is 10.0. The third kappa shape index (κ3) is 7.48. The van der Waals surface area contributed by atoms with Gasteiger partial charge in [-0.05, 0) is 56.0 Å². The van der Waals surface area contributed by atoms with E-state index in [0.29, 0.717) is 13.0 Å². The molecule has 1 aromatic rings. The van der Waals surface area contributed by atoms with Gasteiger partial charge in [-0.2, -0.15) is 0 Å². The highest BCUT2D eigenvalue weighted by atomic mass is 19.3. The van der Waals surface area contributed by atoms with E-state index in [4.69, 9.17) is 4.74 Å². The zero-order valence-electron chi connectivity index (χ0n) is 12.7. The normalized spacial score (nSPS) is 12.9. The van der Waals surface area contributed by atoms with Crippen molar-refractivity contribution >= 4 is 0 Å². The number of rotatable bonds is 10. The van der Waals surface area contributed by atoms with E-state index in [-0.39, 0.29) is 11.9 Å². The van der Waals surface area contributed by atoms with Gasteiger partial charge in [0.25, 0.3) is 6.43 Å². The van der Waals surface area contributed by atoms with Crippen LogP contribution in [0.15, 0.2) is 18.2 Å². The van der Waals surface area contributed by atoms with Gasteiger partial charge in [0.15, 0.2) is 0 Å². The molecule has 0 amide bonds. The molecule has 5 heteroatoms. The molecule has 0 saturated carbocycles. The maximum absolute atomic E-state index is 13.1. The SMILES string of the molecule is CCCNC(CCOCC(F)F)Cc1ccc(F)cc1C. The summed E-state index contributed by atoms with van der Waals surface area (Å²) in [5.41, 5.74) is 1.98. The lowest BCUT2D eigenvalue weighted by Gasteiger charge is -2.20. The van der Waals surface area contributed by atoms with Crippen LogP contribution in [-0.4, -0.2) is 32.2 Å². The number of benzene rings is 1. The molecule has 0 bridgehead atoms. The molecule has 1 atom stereocenters. The predicted molar refractivity (Wildman–Crippen MR) is 78.4 cm³/mol. The summed E-state index contributed by atoms with van der Waals surface area (Å²) in [6.45, 7) is 4.59. The molecule has 120 valence electrons. The van der Waals surface area contributed by atoms with Crippen LogP contribution in [0.3, 0.4) is 0 Å². The summed E-state index contributed by atoms with van der Waals surface area (Å²) in [6, 6.07) is 4.89. The number of nitrogens with one attached hydrogen (secondary N) is 1. The molecule has 1 aromatic carbocycles. The standard InChI is InChI=1S/C16H24F3NO/c1-3-7-20-15(6-8-21-11-16(18)19)10-13-4-5-14(17)9-12(13)2/h4-5,9,15-16,20H,3,6-8,10-11H2,1-2H3. The summed E-state index contributed by atoms with van der Waals surface area (Å²) in [7, 11) is 0. The molecule has 0 aliphatic carbocycles. The molecule has 0 heterocycles. The Balaban J connectivity index is 2.51. The average Bonchev–Trinajstić information content (AvgIpc) is 2.43. The molecule has 0 fully saturated rings. The smallest absolute Gasteiger partial charge is 0.261 e. The summed E-state index contributed by atoms with van der Waals surface area (Å²) in [4.78, 5) is 0. The molecule has 1 unspecified atom stereocenters. The highest BCUT2D eigenvalue weighted by Crippen LogP contribution is 2.14. The van der Waals surface area contributed by atoms with Gasteiger partial charge in [0.1, 0.15) is 12.4 Å². The van der Waals surface area contributed by atoms with E-state index in [2.05, 4.69) is 12.2 Å². The summed E-state index contributed by atoms with van der Waals surface area (Å²) >= 11 is 0. The fourth-order valence-corrected chi connectivity index (χ4v) is 2.18. The van der Waals surface area contributed by atoms with Crippen molar-refractivity contribution in [1.29, 1.82) is 0 Å². The lowest BCUT2D eigenvalue weighted by molar-refractivity contribution is 0.0144. The van der Waals surface area contributed by atoms with Crippen molar-refractivity contribution in [3.63, 3.8) is 0 Å². The molecule has 0 aliphatic rings. The topological polar surface area (TPSA) is 21.3 Å². The average molecular weight is 303 g/mol. The minimum atomic E-state index is -2.42. The first-order valence-electron chi connectivity index (χ1n) is 7.37. The number of aryl methyl sites for hydroxylation is 1. The first-order valence-corrected chi connectivity index (χ1v) is 7.37. The Morgan fingerprint density at radius 2 is 2.05 bits per heavy atom. The minimum absolute atomic E-state index is 0.145. The zero-order valence-corrected chi connectivity index (χ0v) is 12.7. The Morgan fingerprint density at radius 1 is 1.29 bits per heavy atom. The van der Waals surface area contributed by atoms with Gasteiger partial charge in [0, 0.05) is 12.6 Å². The molecular weight excluding hydrogens is 279 g/mol.